The van der Waals surface area contributed by atoms with Gasteiger partial charge < -0.3 is 20.3 Å². The topological polar surface area (TPSA) is 87.7 Å². The molecule has 1 aliphatic carbocycles. The molecule has 2 unspecified atom stereocenters. The van der Waals surface area contributed by atoms with Crippen LogP contribution in [0.4, 0.5) is 4.79 Å². The molecule has 1 aromatic rings. The molecule has 2 rings (SSSR count). The summed E-state index contributed by atoms with van der Waals surface area (Å²) in [5.41, 5.74) is 1.60. The van der Waals surface area contributed by atoms with E-state index in [0.717, 1.165) is 36.0 Å². The third kappa shape index (κ3) is 7.71. The normalized spacial score (nSPS) is 16.2. The van der Waals surface area contributed by atoms with Crippen LogP contribution in [0.3, 0.4) is 0 Å². The number of amides is 3. The number of ether oxygens (including phenoxy) is 1. The van der Waals surface area contributed by atoms with Crippen LogP contribution < -0.4 is 10.6 Å². The predicted molar refractivity (Wildman–Crippen MR) is 139 cm³/mol. The van der Waals surface area contributed by atoms with E-state index in [1.54, 1.807) is 25.7 Å². The van der Waals surface area contributed by atoms with E-state index in [1.165, 1.54) is 0 Å². The minimum Gasteiger partial charge on any atom is -0.444 e. The second-order valence-corrected chi connectivity index (χ2v) is 12.1. The van der Waals surface area contributed by atoms with Crippen molar-refractivity contribution < 1.29 is 19.1 Å². The van der Waals surface area contributed by atoms with Crippen molar-refractivity contribution in [3.8, 4) is 0 Å². The van der Waals surface area contributed by atoms with Crippen molar-refractivity contribution in [1.29, 1.82) is 0 Å². The van der Waals surface area contributed by atoms with Crippen LogP contribution in [0.5, 0.6) is 0 Å². The number of rotatable bonds is 7. The van der Waals surface area contributed by atoms with Gasteiger partial charge in [-0.3, -0.25) is 9.59 Å². The highest BCUT2D eigenvalue weighted by molar-refractivity contribution is 5.93. The fraction of sp³-hybridized carbons (Fsp3) is 0.679. The van der Waals surface area contributed by atoms with Crippen molar-refractivity contribution in [3.05, 3.63) is 34.9 Å². The van der Waals surface area contributed by atoms with Crippen LogP contribution >= 0.6 is 0 Å². The van der Waals surface area contributed by atoms with E-state index in [0.29, 0.717) is 0 Å². The van der Waals surface area contributed by atoms with E-state index in [2.05, 4.69) is 10.6 Å². The van der Waals surface area contributed by atoms with Crippen molar-refractivity contribution in [3.63, 3.8) is 0 Å². The standard InChI is InChI=1S/C28H45N3O4/c1-17(2)22(29-26(34)35-28(8,9)10)25(33)31(20-15-12-16-20)23(24(32)30-27(5,6)7)21-18(3)13-11-14-19(21)4/h11,13-14,17,20,22-23H,12,15-16H2,1-10H3,(H,29,34)(H,30,32). The number of nitrogens with zero attached hydrogens (tertiary/aromatic N) is 1. The lowest BCUT2D eigenvalue weighted by Crippen LogP contribution is -2.59. The minimum atomic E-state index is -0.820. The molecule has 2 atom stereocenters. The van der Waals surface area contributed by atoms with Gasteiger partial charge in [0.15, 0.2) is 0 Å². The average Bonchev–Trinajstić information content (AvgIpc) is 2.62. The lowest BCUT2D eigenvalue weighted by molar-refractivity contribution is -0.148. The van der Waals surface area contributed by atoms with Gasteiger partial charge in [0.05, 0.1) is 0 Å². The van der Waals surface area contributed by atoms with E-state index in [9.17, 15) is 14.4 Å². The molecule has 1 aliphatic rings. The summed E-state index contributed by atoms with van der Waals surface area (Å²) < 4.78 is 5.45. The Morgan fingerprint density at radius 2 is 1.54 bits per heavy atom. The van der Waals surface area contributed by atoms with Gasteiger partial charge in [0.25, 0.3) is 0 Å². The summed E-state index contributed by atoms with van der Waals surface area (Å²) in [6.45, 7) is 18.9. The van der Waals surface area contributed by atoms with Gasteiger partial charge in [0.2, 0.25) is 11.8 Å². The zero-order chi connectivity index (χ0) is 26.7. The highest BCUT2D eigenvalue weighted by Gasteiger charge is 2.44. The van der Waals surface area contributed by atoms with Gasteiger partial charge in [-0.05, 0) is 97.3 Å². The Morgan fingerprint density at radius 3 is 1.94 bits per heavy atom. The summed E-state index contributed by atoms with van der Waals surface area (Å²) in [6, 6.07) is 4.22. The average molecular weight is 488 g/mol. The maximum atomic E-state index is 14.2. The molecule has 0 aliphatic heterocycles. The van der Waals surface area contributed by atoms with E-state index < -0.39 is 29.3 Å². The van der Waals surface area contributed by atoms with Gasteiger partial charge >= 0.3 is 6.09 Å². The number of hydrogen-bond donors (Lipinski definition) is 2. The largest absolute Gasteiger partial charge is 0.444 e. The molecule has 1 saturated carbocycles. The van der Waals surface area contributed by atoms with E-state index in [1.807, 2.05) is 66.7 Å². The Kier molecular flexibility index (Phi) is 9.01. The van der Waals surface area contributed by atoms with Crippen molar-refractivity contribution in [2.24, 2.45) is 5.92 Å². The molecule has 0 bridgehead atoms. The summed E-state index contributed by atoms with van der Waals surface area (Å²) >= 11 is 0. The van der Waals surface area contributed by atoms with Crippen molar-refractivity contribution in [2.75, 3.05) is 0 Å². The van der Waals surface area contributed by atoms with Crippen LogP contribution in [0, 0.1) is 19.8 Å². The van der Waals surface area contributed by atoms with Crippen LogP contribution in [0.25, 0.3) is 0 Å². The minimum absolute atomic E-state index is 0.0705. The van der Waals surface area contributed by atoms with E-state index in [4.69, 9.17) is 4.74 Å². The molecule has 7 nitrogen and oxygen atoms in total. The third-order valence-corrected chi connectivity index (χ3v) is 6.17. The summed E-state index contributed by atoms with van der Waals surface area (Å²) in [4.78, 5) is 42.4. The zero-order valence-corrected chi connectivity index (χ0v) is 23.2. The SMILES string of the molecule is Cc1cccc(C)c1C(C(=O)NC(C)(C)C)N(C(=O)C(NC(=O)OC(C)(C)C)C(C)C)C1CCC1. The molecule has 1 fully saturated rings. The van der Waals surface area contributed by atoms with Crippen LogP contribution in [0.2, 0.25) is 0 Å². The van der Waals surface area contributed by atoms with Crippen molar-refractivity contribution >= 4 is 17.9 Å². The molecule has 0 radical (unpaired) electrons. The number of aryl methyl sites for hydroxylation is 2. The maximum Gasteiger partial charge on any atom is 0.408 e. The number of nitrogens with one attached hydrogen (secondary N) is 2. The monoisotopic (exact) mass is 487 g/mol. The molecule has 7 heteroatoms. The summed E-state index contributed by atoms with van der Waals surface area (Å²) in [5.74, 6) is -0.663. The maximum absolute atomic E-state index is 14.2. The number of carbonyl (C=O) groups excluding carboxylic acids is 3. The number of carbonyl (C=O) groups is 3. The van der Waals surface area contributed by atoms with E-state index in [-0.39, 0.29) is 23.8 Å². The predicted octanol–water partition coefficient (Wildman–Crippen LogP) is 5.19. The Morgan fingerprint density at radius 1 is 1.00 bits per heavy atom. The first kappa shape index (κ1) is 28.7. The first-order chi connectivity index (χ1) is 16.0. The van der Waals surface area contributed by atoms with Gasteiger partial charge in [-0.25, -0.2) is 4.79 Å². The van der Waals surface area contributed by atoms with Gasteiger partial charge in [0.1, 0.15) is 17.7 Å². The molecule has 0 spiro atoms. The second-order valence-electron chi connectivity index (χ2n) is 12.1. The molecular weight excluding hydrogens is 442 g/mol. The van der Waals surface area contributed by atoms with Crippen LogP contribution in [0.1, 0.15) is 97.4 Å². The van der Waals surface area contributed by atoms with Crippen LogP contribution in [0.15, 0.2) is 18.2 Å². The Labute approximate surface area is 211 Å². The first-order valence-electron chi connectivity index (χ1n) is 12.7. The number of hydrogen-bond acceptors (Lipinski definition) is 4. The van der Waals surface area contributed by atoms with Gasteiger partial charge in [-0.1, -0.05) is 32.0 Å². The summed E-state index contributed by atoms with van der Waals surface area (Å²) in [5, 5.41) is 5.90. The van der Waals surface area contributed by atoms with Crippen LogP contribution in [-0.2, 0) is 14.3 Å². The lowest BCUT2D eigenvalue weighted by Gasteiger charge is -2.45. The van der Waals surface area contributed by atoms with Crippen molar-refractivity contribution in [2.45, 2.75) is 118 Å². The molecule has 0 heterocycles. The highest BCUT2D eigenvalue weighted by Crippen LogP contribution is 2.36. The number of benzene rings is 1. The molecule has 0 aromatic heterocycles. The van der Waals surface area contributed by atoms with Gasteiger partial charge in [-0.2, -0.15) is 0 Å². The third-order valence-electron chi connectivity index (χ3n) is 6.17. The molecule has 0 saturated heterocycles. The van der Waals surface area contributed by atoms with Gasteiger partial charge in [-0.15, -0.1) is 0 Å². The van der Waals surface area contributed by atoms with Crippen molar-refractivity contribution in [1.82, 2.24) is 15.5 Å². The first-order valence-corrected chi connectivity index (χ1v) is 12.7. The molecule has 35 heavy (non-hydrogen) atoms. The fourth-order valence-electron chi connectivity index (χ4n) is 4.38. The highest BCUT2D eigenvalue weighted by atomic mass is 16.6. The fourth-order valence-corrected chi connectivity index (χ4v) is 4.38. The molecule has 2 N–H and O–H groups in total. The summed E-state index contributed by atoms with van der Waals surface area (Å²) in [6.07, 6.45) is 2.02. The zero-order valence-electron chi connectivity index (χ0n) is 23.2. The molecule has 3 amide bonds. The Bertz CT molecular complexity index is 903. The Balaban J connectivity index is 2.57. The smallest absolute Gasteiger partial charge is 0.408 e. The molecule has 196 valence electrons. The summed E-state index contributed by atoms with van der Waals surface area (Å²) in [7, 11) is 0. The van der Waals surface area contributed by atoms with Crippen LogP contribution in [-0.4, -0.2) is 46.0 Å². The quantitative estimate of drug-likeness (QED) is 0.554. The number of alkyl carbamates (subject to hydrolysis) is 1. The Hall–Kier alpha value is -2.57. The second kappa shape index (κ2) is 11.0. The molecule has 1 aromatic carbocycles. The lowest BCUT2D eigenvalue weighted by atomic mass is 9.85. The van der Waals surface area contributed by atoms with E-state index >= 15 is 0 Å². The molecular formula is C28H45N3O4. The van der Waals surface area contributed by atoms with Gasteiger partial charge in [0, 0.05) is 11.6 Å².